The molecular weight excluding hydrogens is 276 g/mol. The van der Waals surface area contributed by atoms with Crippen molar-refractivity contribution in [1.29, 1.82) is 0 Å². The van der Waals surface area contributed by atoms with E-state index in [1.165, 1.54) is 0 Å². The lowest BCUT2D eigenvalue weighted by Crippen LogP contribution is -2.33. The summed E-state index contributed by atoms with van der Waals surface area (Å²) >= 11 is 0. The first-order valence-corrected chi connectivity index (χ1v) is 7.02. The Kier molecular flexibility index (Phi) is 2.72. The maximum absolute atomic E-state index is 9.99. The molecular formula is C17H14N4O. The third-order valence-electron chi connectivity index (χ3n) is 3.80. The first kappa shape index (κ1) is 12.6. The smallest absolute Gasteiger partial charge is 0.171 e. The summed E-state index contributed by atoms with van der Waals surface area (Å²) in [6.45, 7) is 2.03. The molecule has 0 unspecified atom stereocenters. The number of pyridine rings is 1. The number of anilines is 1. The Hall–Kier alpha value is -3.08. The fourth-order valence-corrected chi connectivity index (χ4v) is 2.65. The number of nitrogens with one attached hydrogen (secondary N) is 2. The largest absolute Gasteiger partial charge is 0.507 e. The zero-order chi connectivity index (χ0) is 15.1. The molecule has 3 N–H and O–H groups in total. The fraction of sp³-hybridized carbons (Fsp3) is 0.0588. The van der Waals surface area contributed by atoms with Gasteiger partial charge in [0.05, 0.1) is 11.1 Å². The SMILES string of the molecule is Cc1c2c(nc3ccccc13)NNC(c1ccccc1O)=N2. The van der Waals surface area contributed by atoms with Crippen molar-refractivity contribution in [1.82, 2.24) is 10.4 Å². The number of nitrogens with zero attached hydrogens (tertiary/aromatic N) is 2. The highest BCUT2D eigenvalue weighted by Gasteiger charge is 2.19. The summed E-state index contributed by atoms with van der Waals surface area (Å²) in [7, 11) is 0. The van der Waals surface area contributed by atoms with Crippen molar-refractivity contribution in [3.05, 3.63) is 59.7 Å². The second kappa shape index (κ2) is 4.73. The van der Waals surface area contributed by atoms with E-state index in [1.54, 1.807) is 12.1 Å². The molecule has 1 aliphatic heterocycles. The number of amidine groups is 1. The second-order valence-corrected chi connectivity index (χ2v) is 5.18. The normalized spacial score (nSPS) is 13.0. The van der Waals surface area contributed by atoms with Gasteiger partial charge in [0.15, 0.2) is 11.7 Å². The lowest BCUT2D eigenvalue weighted by molar-refractivity contribution is 0.474. The van der Waals surface area contributed by atoms with Crippen LogP contribution in [0.4, 0.5) is 11.5 Å². The van der Waals surface area contributed by atoms with Gasteiger partial charge in [0.25, 0.3) is 0 Å². The van der Waals surface area contributed by atoms with Crippen LogP contribution in [0.25, 0.3) is 10.9 Å². The minimum atomic E-state index is 0.186. The Morgan fingerprint density at radius 1 is 0.955 bits per heavy atom. The van der Waals surface area contributed by atoms with Crippen LogP contribution >= 0.6 is 0 Å². The number of benzene rings is 2. The molecule has 2 heterocycles. The number of hydrogen-bond donors (Lipinski definition) is 3. The molecule has 1 aliphatic rings. The Labute approximate surface area is 127 Å². The number of aromatic hydroxyl groups is 1. The molecule has 3 aromatic rings. The van der Waals surface area contributed by atoms with Gasteiger partial charge in [-0.3, -0.25) is 10.9 Å². The van der Waals surface area contributed by atoms with Crippen LogP contribution in [0.15, 0.2) is 53.5 Å². The lowest BCUT2D eigenvalue weighted by Gasteiger charge is -2.21. The first-order valence-electron chi connectivity index (χ1n) is 7.02. The average Bonchev–Trinajstić information content (AvgIpc) is 2.55. The molecule has 108 valence electrons. The zero-order valence-corrected chi connectivity index (χ0v) is 12.0. The van der Waals surface area contributed by atoms with E-state index in [4.69, 9.17) is 0 Å². The van der Waals surface area contributed by atoms with Crippen molar-refractivity contribution >= 4 is 28.2 Å². The van der Waals surface area contributed by atoms with E-state index in [2.05, 4.69) is 20.8 Å². The van der Waals surface area contributed by atoms with Gasteiger partial charge in [-0.1, -0.05) is 30.3 Å². The van der Waals surface area contributed by atoms with E-state index in [0.717, 1.165) is 22.2 Å². The van der Waals surface area contributed by atoms with Gasteiger partial charge >= 0.3 is 0 Å². The number of phenolic OH excluding ortho intramolecular Hbond substituents is 1. The lowest BCUT2D eigenvalue weighted by atomic mass is 10.1. The van der Waals surface area contributed by atoms with Crippen LogP contribution in [0, 0.1) is 6.92 Å². The molecule has 2 aromatic carbocycles. The van der Waals surface area contributed by atoms with Crippen molar-refractivity contribution in [3.63, 3.8) is 0 Å². The summed E-state index contributed by atoms with van der Waals surface area (Å²) in [5.74, 6) is 1.45. The molecule has 0 bridgehead atoms. The molecule has 0 fully saturated rings. The quantitative estimate of drug-likeness (QED) is 0.643. The van der Waals surface area contributed by atoms with Crippen molar-refractivity contribution in [3.8, 4) is 5.75 Å². The van der Waals surface area contributed by atoms with Gasteiger partial charge in [-0.25, -0.2) is 9.98 Å². The molecule has 1 aromatic heterocycles. The van der Waals surface area contributed by atoms with Crippen molar-refractivity contribution < 1.29 is 5.11 Å². The van der Waals surface area contributed by atoms with Crippen LogP contribution in [0.5, 0.6) is 5.75 Å². The Bertz CT molecular complexity index is 918. The molecule has 0 aliphatic carbocycles. The highest BCUT2D eigenvalue weighted by atomic mass is 16.3. The predicted molar refractivity (Wildman–Crippen MR) is 87.5 cm³/mol. The highest BCUT2D eigenvalue weighted by Crippen LogP contribution is 2.35. The number of hydrazine groups is 1. The monoisotopic (exact) mass is 290 g/mol. The van der Waals surface area contributed by atoms with Crippen LogP contribution in [-0.4, -0.2) is 15.9 Å². The topological polar surface area (TPSA) is 69.5 Å². The van der Waals surface area contributed by atoms with Gasteiger partial charge in [0.2, 0.25) is 0 Å². The van der Waals surface area contributed by atoms with Crippen LogP contribution in [-0.2, 0) is 0 Å². The van der Waals surface area contributed by atoms with Crippen LogP contribution in [0.2, 0.25) is 0 Å². The molecule has 0 saturated carbocycles. The van der Waals surface area contributed by atoms with Crippen LogP contribution < -0.4 is 10.9 Å². The first-order chi connectivity index (χ1) is 10.7. The van der Waals surface area contributed by atoms with Crippen LogP contribution in [0.3, 0.4) is 0 Å². The summed E-state index contributed by atoms with van der Waals surface area (Å²) in [5.41, 5.74) is 9.49. The summed E-state index contributed by atoms with van der Waals surface area (Å²) < 4.78 is 0. The molecule has 0 atom stereocenters. The van der Waals surface area contributed by atoms with E-state index in [1.807, 2.05) is 43.3 Å². The zero-order valence-electron chi connectivity index (χ0n) is 12.0. The number of hydrogen-bond acceptors (Lipinski definition) is 5. The van der Waals surface area contributed by atoms with E-state index < -0.39 is 0 Å². The van der Waals surface area contributed by atoms with Gasteiger partial charge in [-0.2, -0.15) is 0 Å². The molecule has 22 heavy (non-hydrogen) atoms. The molecule has 5 nitrogen and oxygen atoms in total. The summed E-state index contributed by atoms with van der Waals surface area (Å²) in [6.07, 6.45) is 0. The number of aromatic nitrogens is 1. The van der Waals surface area contributed by atoms with Gasteiger partial charge in [0.1, 0.15) is 11.4 Å². The molecule has 0 saturated heterocycles. The second-order valence-electron chi connectivity index (χ2n) is 5.18. The number of phenols is 1. The summed E-state index contributed by atoms with van der Waals surface area (Å²) in [5, 5.41) is 11.1. The minimum Gasteiger partial charge on any atom is -0.507 e. The van der Waals surface area contributed by atoms with Gasteiger partial charge < -0.3 is 5.11 Å². The maximum Gasteiger partial charge on any atom is 0.171 e. The summed E-state index contributed by atoms with van der Waals surface area (Å²) in [4.78, 5) is 9.23. The van der Waals surface area contributed by atoms with Gasteiger partial charge in [0, 0.05) is 5.39 Å². The molecule has 0 spiro atoms. The third-order valence-corrected chi connectivity index (χ3v) is 3.80. The Balaban J connectivity index is 1.93. The number of fused-ring (bicyclic) bond motifs is 2. The number of rotatable bonds is 1. The molecule has 0 radical (unpaired) electrons. The van der Waals surface area contributed by atoms with Crippen LogP contribution in [0.1, 0.15) is 11.1 Å². The highest BCUT2D eigenvalue weighted by molar-refractivity contribution is 6.06. The average molecular weight is 290 g/mol. The van der Waals surface area contributed by atoms with E-state index in [0.29, 0.717) is 17.2 Å². The fourth-order valence-electron chi connectivity index (χ4n) is 2.65. The number of para-hydroxylation sites is 2. The number of aliphatic imine (C=N–C) groups is 1. The maximum atomic E-state index is 9.99. The third kappa shape index (κ3) is 1.87. The van der Waals surface area contributed by atoms with Gasteiger partial charge in [-0.05, 0) is 30.7 Å². The summed E-state index contributed by atoms with van der Waals surface area (Å²) in [6, 6.07) is 15.1. The molecule has 5 heteroatoms. The van der Waals surface area contributed by atoms with E-state index in [9.17, 15) is 5.11 Å². The minimum absolute atomic E-state index is 0.186. The number of aryl methyl sites for hydroxylation is 1. The van der Waals surface area contributed by atoms with E-state index in [-0.39, 0.29) is 5.75 Å². The van der Waals surface area contributed by atoms with Gasteiger partial charge in [-0.15, -0.1) is 0 Å². The van der Waals surface area contributed by atoms with Crippen molar-refractivity contribution in [2.24, 2.45) is 4.99 Å². The molecule has 4 rings (SSSR count). The van der Waals surface area contributed by atoms with E-state index >= 15 is 0 Å². The molecule has 0 amide bonds. The Morgan fingerprint density at radius 3 is 2.59 bits per heavy atom. The predicted octanol–water partition coefficient (Wildman–Crippen LogP) is 3.26. The van der Waals surface area contributed by atoms with Crippen molar-refractivity contribution in [2.45, 2.75) is 6.92 Å². The Morgan fingerprint density at radius 2 is 1.73 bits per heavy atom. The van der Waals surface area contributed by atoms with Crippen molar-refractivity contribution in [2.75, 3.05) is 5.43 Å². The standard InChI is InChI=1S/C17H14N4O/c1-10-11-6-2-4-8-13(11)18-17-15(10)19-16(20-21-17)12-7-3-5-9-14(12)22/h2-9,22H,1H3,(H,18,21)(H,19,20).